The standard InChI is InChI=1S/C5H7NOS/c6-4-8-3-5-1-7-2-5/h5H,1-3H2. The molecule has 0 saturated carbocycles. The van der Waals surface area contributed by atoms with Gasteiger partial charge in [-0.2, -0.15) is 5.26 Å². The molecule has 1 rings (SSSR count). The lowest BCUT2D eigenvalue weighted by Crippen LogP contribution is -2.29. The molecule has 1 aliphatic rings. The van der Waals surface area contributed by atoms with Crippen molar-refractivity contribution in [3.63, 3.8) is 0 Å². The topological polar surface area (TPSA) is 33.0 Å². The first-order valence-corrected chi connectivity index (χ1v) is 3.50. The summed E-state index contributed by atoms with van der Waals surface area (Å²) < 4.78 is 4.91. The van der Waals surface area contributed by atoms with E-state index < -0.39 is 0 Å². The Bertz CT molecular complexity index is 105. The molecule has 1 fully saturated rings. The van der Waals surface area contributed by atoms with Crippen LogP contribution in [0.4, 0.5) is 0 Å². The quantitative estimate of drug-likeness (QED) is 0.518. The van der Waals surface area contributed by atoms with Crippen molar-refractivity contribution in [3.8, 4) is 5.40 Å². The van der Waals surface area contributed by atoms with Crippen molar-refractivity contribution in [2.24, 2.45) is 5.92 Å². The lowest BCUT2D eigenvalue weighted by atomic mass is 10.1. The molecule has 44 valence electrons. The maximum Gasteiger partial charge on any atom is 0.133 e. The number of hydrogen-bond acceptors (Lipinski definition) is 3. The zero-order valence-corrected chi connectivity index (χ0v) is 5.28. The Balaban J connectivity index is 1.95. The molecule has 1 aliphatic heterocycles. The molecule has 3 heteroatoms. The van der Waals surface area contributed by atoms with Gasteiger partial charge >= 0.3 is 0 Å². The first kappa shape index (κ1) is 5.93. The van der Waals surface area contributed by atoms with Crippen LogP contribution in [0.25, 0.3) is 0 Å². The van der Waals surface area contributed by atoms with Crippen molar-refractivity contribution in [3.05, 3.63) is 0 Å². The van der Waals surface area contributed by atoms with Crippen molar-refractivity contribution in [2.45, 2.75) is 0 Å². The molecule has 0 atom stereocenters. The molecule has 0 amide bonds. The third-order valence-electron chi connectivity index (χ3n) is 1.09. The van der Waals surface area contributed by atoms with E-state index in [1.165, 1.54) is 11.8 Å². The number of thioether (sulfide) groups is 1. The van der Waals surface area contributed by atoms with Gasteiger partial charge in [0.15, 0.2) is 0 Å². The zero-order valence-electron chi connectivity index (χ0n) is 4.46. The molecule has 2 nitrogen and oxygen atoms in total. The highest BCUT2D eigenvalue weighted by molar-refractivity contribution is 8.03. The van der Waals surface area contributed by atoms with Crippen LogP contribution in [-0.2, 0) is 4.74 Å². The molecular formula is C5H7NOS. The molecule has 0 aliphatic carbocycles. The fourth-order valence-corrected chi connectivity index (χ4v) is 1.04. The molecule has 0 spiro atoms. The van der Waals surface area contributed by atoms with Gasteiger partial charge in [0.2, 0.25) is 0 Å². The number of rotatable bonds is 2. The fourth-order valence-electron chi connectivity index (χ4n) is 0.536. The first-order chi connectivity index (χ1) is 3.93. The monoisotopic (exact) mass is 129 g/mol. The van der Waals surface area contributed by atoms with Crippen molar-refractivity contribution >= 4 is 11.8 Å². The summed E-state index contributed by atoms with van der Waals surface area (Å²) >= 11 is 1.32. The third-order valence-corrected chi connectivity index (χ3v) is 1.86. The zero-order chi connectivity index (χ0) is 5.82. The molecule has 0 unspecified atom stereocenters. The van der Waals surface area contributed by atoms with E-state index in [-0.39, 0.29) is 0 Å². The fraction of sp³-hybridized carbons (Fsp3) is 0.800. The highest BCUT2D eigenvalue weighted by Crippen LogP contribution is 2.14. The number of thiocyanates is 1. The summed E-state index contributed by atoms with van der Waals surface area (Å²) in [5.74, 6) is 1.59. The molecule has 0 aromatic heterocycles. The Kier molecular flexibility index (Phi) is 2.19. The van der Waals surface area contributed by atoms with E-state index in [1.54, 1.807) is 0 Å². The van der Waals surface area contributed by atoms with Crippen LogP contribution in [0.3, 0.4) is 0 Å². The van der Waals surface area contributed by atoms with Crippen molar-refractivity contribution in [1.29, 1.82) is 5.26 Å². The summed E-state index contributed by atoms with van der Waals surface area (Å²) in [7, 11) is 0. The minimum Gasteiger partial charge on any atom is -0.381 e. The van der Waals surface area contributed by atoms with E-state index in [0.717, 1.165) is 19.0 Å². The normalized spacial score (nSPS) is 19.4. The van der Waals surface area contributed by atoms with Crippen LogP contribution in [0.15, 0.2) is 0 Å². The van der Waals surface area contributed by atoms with Gasteiger partial charge in [-0.15, -0.1) is 0 Å². The van der Waals surface area contributed by atoms with Gasteiger partial charge in [0.05, 0.1) is 13.2 Å². The third kappa shape index (κ3) is 1.39. The molecular weight excluding hydrogens is 122 g/mol. The van der Waals surface area contributed by atoms with Crippen LogP contribution in [-0.4, -0.2) is 19.0 Å². The van der Waals surface area contributed by atoms with Crippen LogP contribution in [0.1, 0.15) is 0 Å². The molecule has 0 aromatic rings. The average molecular weight is 129 g/mol. The predicted octanol–water partition coefficient (Wildman–Crippen LogP) is 0.847. The molecule has 1 saturated heterocycles. The van der Waals surface area contributed by atoms with Gasteiger partial charge in [0, 0.05) is 11.7 Å². The molecule has 8 heavy (non-hydrogen) atoms. The maximum absolute atomic E-state index is 8.11. The first-order valence-electron chi connectivity index (χ1n) is 2.52. The second-order valence-electron chi connectivity index (χ2n) is 1.81. The van der Waals surface area contributed by atoms with Crippen molar-refractivity contribution in [2.75, 3.05) is 19.0 Å². The SMILES string of the molecule is N#CSCC1COC1. The van der Waals surface area contributed by atoms with E-state index in [4.69, 9.17) is 10.00 Å². The Morgan fingerprint density at radius 1 is 1.75 bits per heavy atom. The molecule has 0 N–H and O–H groups in total. The lowest BCUT2D eigenvalue weighted by molar-refractivity contribution is -0.0195. The van der Waals surface area contributed by atoms with E-state index in [2.05, 4.69) is 0 Å². The van der Waals surface area contributed by atoms with Gasteiger partial charge in [-0.3, -0.25) is 0 Å². The molecule has 0 bridgehead atoms. The summed E-state index contributed by atoms with van der Waals surface area (Å²) in [4.78, 5) is 0. The van der Waals surface area contributed by atoms with Gasteiger partial charge in [-0.1, -0.05) is 0 Å². The van der Waals surface area contributed by atoms with Gasteiger partial charge in [-0.05, 0) is 11.8 Å². The Morgan fingerprint density at radius 3 is 2.88 bits per heavy atom. The largest absolute Gasteiger partial charge is 0.381 e. The number of hydrogen-bond donors (Lipinski definition) is 0. The summed E-state index contributed by atoms with van der Waals surface area (Å²) in [5.41, 5.74) is 0. The molecule has 1 heterocycles. The predicted molar refractivity (Wildman–Crippen MR) is 32.4 cm³/mol. The average Bonchev–Trinajstić information content (AvgIpc) is 1.63. The van der Waals surface area contributed by atoms with Gasteiger partial charge < -0.3 is 4.74 Å². The number of ether oxygens (including phenoxy) is 1. The van der Waals surface area contributed by atoms with Gasteiger partial charge in [0.25, 0.3) is 0 Å². The molecule has 0 radical (unpaired) electrons. The second-order valence-corrected chi connectivity index (χ2v) is 2.61. The Hall–Kier alpha value is -0.200. The van der Waals surface area contributed by atoms with Crippen LogP contribution < -0.4 is 0 Å². The summed E-state index contributed by atoms with van der Waals surface area (Å²) in [6, 6.07) is 0. The van der Waals surface area contributed by atoms with E-state index >= 15 is 0 Å². The number of nitrogens with zero attached hydrogens (tertiary/aromatic N) is 1. The van der Waals surface area contributed by atoms with Crippen LogP contribution >= 0.6 is 11.8 Å². The lowest BCUT2D eigenvalue weighted by Gasteiger charge is -2.23. The van der Waals surface area contributed by atoms with Crippen LogP contribution in [0.2, 0.25) is 0 Å². The molecule has 0 aromatic carbocycles. The Morgan fingerprint density at radius 2 is 2.50 bits per heavy atom. The van der Waals surface area contributed by atoms with E-state index in [9.17, 15) is 0 Å². The smallest absolute Gasteiger partial charge is 0.133 e. The minimum absolute atomic E-state index is 0.652. The highest BCUT2D eigenvalue weighted by Gasteiger charge is 2.17. The minimum atomic E-state index is 0.652. The summed E-state index contributed by atoms with van der Waals surface area (Å²) in [6.45, 7) is 1.71. The maximum atomic E-state index is 8.11. The van der Waals surface area contributed by atoms with Crippen molar-refractivity contribution < 1.29 is 4.74 Å². The summed E-state index contributed by atoms with van der Waals surface area (Å²) in [6.07, 6.45) is 0. The van der Waals surface area contributed by atoms with Crippen LogP contribution in [0, 0.1) is 16.6 Å². The summed E-state index contributed by atoms with van der Waals surface area (Å²) in [5, 5.41) is 10.1. The second kappa shape index (κ2) is 2.95. The van der Waals surface area contributed by atoms with E-state index in [0.29, 0.717) is 5.92 Å². The van der Waals surface area contributed by atoms with Crippen molar-refractivity contribution in [1.82, 2.24) is 0 Å². The van der Waals surface area contributed by atoms with Gasteiger partial charge in [0.1, 0.15) is 5.40 Å². The highest BCUT2D eigenvalue weighted by atomic mass is 32.2. The van der Waals surface area contributed by atoms with Gasteiger partial charge in [-0.25, -0.2) is 0 Å². The van der Waals surface area contributed by atoms with E-state index in [1.807, 2.05) is 5.40 Å². The van der Waals surface area contributed by atoms with Crippen LogP contribution in [0.5, 0.6) is 0 Å². The Labute approximate surface area is 52.8 Å². The number of nitriles is 1.